The summed E-state index contributed by atoms with van der Waals surface area (Å²) in [6, 6.07) is 21.8. The van der Waals surface area contributed by atoms with Crippen molar-refractivity contribution in [2.45, 2.75) is 57.0 Å². The third-order valence-electron chi connectivity index (χ3n) is 8.95. The summed E-state index contributed by atoms with van der Waals surface area (Å²) in [7, 11) is 0. The zero-order chi connectivity index (χ0) is 33.5. The zero-order valence-electron chi connectivity index (χ0n) is 26.3. The van der Waals surface area contributed by atoms with Crippen molar-refractivity contribution in [2.75, 3.05) is 11.9 Å². The van der Waals surface area contributed by atoms with Crippen molar-refractivity contribution in [3.63, 3.8) is 0 Å². The minimum Gasteiger partial charge on any atom is -0.465 e. The van der Waals surface area contributed by atoms with Crippen molar-refractivity contribution in [1.29, 1.82) is 0 Å². The van der Waals surface area contributed by atoms with Crippen LogP contribution in [0.25, 0.3) is 22.5 Å². The SMILES string of the molecule is O=C(O)NC[C@H]1CC[C@H](C(=O)N[C@@H](Cc2ccc(-c3ccc(C(=O)NC4CC4)cc3)cc2)C(=O)Nc2ccc(-c3nnn[nH]3)cc2)CC1. The Kier molecular flexibility index (Phi) is 10.0. The minimum atomic E-state index is -1.05. The van der Waals surface area contributed by atoms with Gasteiger partial charge in [-0.1, -0.05) is 36.4 Å². The van der Waals surface area contributed by atoms with E-state index in [-0.39, 0.29) is 36.0 Å². The standard InChI is InChI=1S/C35H38N8O5/c44-32(37-29-17-18-29)27-11-9-24(10-12-27)23-5-1-21(2-6-23)19-30(39-33(45)26-7-3-22(4-8-26)20-36-35(47)48)34(46)38-28-15-13-25(14-16-28)31-40-42-43-41-31/h1-2,5-6,9-16,22,26,29-30,36H,3-4,7-8,17-20H2,(H,37,44)(H,38,46)(H,39,45)(H,47,48)(H,40,41,42,43)/t22-,26-,30-/m0/s1. The number of amides is 4. The van der Waals surface area contributed by atoms with Crippen molar-refractivity contribution in [2.24, 2.45) is 11.8 Å². The van der Waals surface area contributed by atoms with E-state index in [2.05, 4.69) is 41.9 Å². The lowest BCUT2D eigenvalue weighted by Gasteiger charge is -2.29. The van der Waals surface area contributed by atoms with E-state index in [4.69, 9.17) is 5.11 Å². The second-order valence-electron chi connectivity index (χ2n) is 12.5. The van der Waals surface area contributed by atoms with Gasteiger partial charge in [0.05, 0.1) is 0 Å². The number of anilines is 1. The Morgan fingerprint density at radius 3 is 2.06 bits per heavy atom. The highest BCUT2D eigenvalue weighted by Gasteiger charge is 2.30. The normalized spacial score (nSPS) is 17.9. The van der Waals surface area contributed by atoms with Gasteiger partial charge in [0.25, 0.3) is 5.91 Å². The summed E-state index contributed by atoms with van der Waals surface area (Å²) in [4.78, 5) is 50.3. The molecule has 48 heavy (non-hydrogen) atoms. The number of tetrazole rings is 1. The quantitative estimate of drug-likeness (QED) is 0.132. The first-order valence-electron chi connectivity index (χ1n) is 16.2. The topological polar surface area (TPSA) is 191 Å². The fraction of sp³-hybridized carbons (Fsp3) is 0.343. The van der Waals surface area contributed by atoms with E-state index in [9.17, 15) is 19.2 Å². The van der Waals surface area contributed by atoms with Crippen LogP contribution in [0.2, 0.25) is 0 Å². The lowest BCUT2D eigenvalue weighted by molar-refractivity contribution is -0.130. The van der Waals surface area contributed by atoms with Crippen LogP contribution in [-0.2, 0) is 16.0 Å². The summed E-state index contributed by atoms with van der Waals surface area (Å²) in [5.41, 5.74) is 4.75. The smallest absolute Gasteiger partial charge is 0.404 e. The summed E-state index contributed by atoms with van der Waals surface area (Å²) in [5, 5.41) is 34.1. The molecule has 0 saturated heterocycles. The van der Waals surface area contributed by atoms with Crippen LogP contribution in [0.3, 0.4) is 0 Å². The van der Waals surface area contributed by atoms with Gasteiger partial charge < -0.3 is 26.4 Å². The molecule has 3 aromatic carbocycles. The number of nitrogens with zero attached hydrogens (tertiary/aromatic N) is 3. The number of benzene rings is 3. The molecule has 4 aromatic rings. The third kappa shape index (κ3) is 8.60. The predicted molar refractivity (Wildman–Crippen MR) is 178 cm³/mol. The van der Waals surface area contributed by atoms with Crippen LogP contribution in [0, 0.1) is 11.8 Å². The van der Waals surface area contributed by atoms with E-state index in [1.807, 2.05) is 48.5 Å². The molecule has 2 saturated carbocycles. The van der Waals surface area contributed by atoms with Gasteiger partial charge in [0.2, 0.25) is 11.8 Å². The number of carboxylic acid groups (broad SMARTS) is 1. The first kappa shape index (κ1) is 32.4. The molecular formula is C35H38N8O5. The Hall–Kier alpha value is -5.59. The number of aromatic amines is 1. The average molecular weight is 651 g/mol. The van der Waals surface area contributed by atoms with Crippen molar-refractivity contribution < 1.29 is 24.3 Å². The van der Waals surface area contributed by atoms with Gasteiger partial charge >= 0.3 is 6.09 Å². The number of carbonyl (C=O) groups is 4. The molecule has 2 aliphatic rings. The molecule has 13 nitrogen and oxygen atoms in total. The summed E-state index contributed by atoms with van der Waals surface area (Å²) < 4.78 is 0. The fourth-order valence-corrected chi connectivity index (χ4v) is 5.96. The predicted octanol–water partition coefficient (Wildman–Crippen LogP) is 4.17. The molecule has 0 aliphatic heterocycles. The minimum absolute atomic E-state index is 0.0583. The number of carbonyl (C=O) groups excluding carboxylic acids is 3. The molecule has 248 valence electrons. The first-order valence-corrected chi connectivity index (χ1v) is 16.2. The maximum absolute atomic E-state index is 13.6. The maximum atomic E-state index is 13.6. The highest BCUT2D eigenvalue weighted by atomic mass is 16.4. The molecule has 13 heteroatoms. The van der Waals surface area contributed by atoms with Gasteiger partial charge in [-0.3, -0.25) is 14.4 Å². The average Bonchev–Trinajstić information content (AvgIpc) is 3.75. The van der Waals surface area contributed by atoms with Crippen molar-refractivity contribution >= 4 is 29.5 Å². The fourth-order valence-electron chi connectivity index (χ4n) is 5.96. The number of nitrogens with one attached hydrogen (secondary N) is 5. The Labute approximate surface area is 277 Å². The number of H-pyrrole nitrogens is 1. The van der Waals surface area contributed by atoms with Gasteiger partial charge in [-0.2, -0.15) is 0 Å². The van der Waals surface area contributed by atoms with Gasteiger partial charge in [-0.05, 0) is 108 Å². The molecule has 0 unspecified atom stereocenters. The van der Waals surface area contributed by atoms with Crippen LogP contribution >= 0.6 is 0 Å². The molecule has 2 fully saturated rings. The van der Waals surface area contributed by atoms with Crippen LogP contribution in [0.5, 0.6) is 0 Å². The van der Waals surface area contributed by atoms with Crippen molar-refractivity contribution in [3.8, 4) is 22.5 Å². The summed E-state index contributed by atoms with van der Waals surface area (Å²) >= 11 is 0. The molecule has 0 bridgehead atoms. The van der Waals surface area contributed by atoms with E-state index < -0.39 is 12.1 Å². The molecule has 6 N–H and O–H groups in total. The summed E-state index contributed by atoms with van der Waals surface area (Å²) in [6.45, 7) is 0.371. The molecule has 2 aliphatic carbocycles. The van der Waals surface area contributed by atoms with Crippen LogP contribution in [0.1, 0.15) is 54.4 Å². The monoisotopic (exact) mass is 650 g/mol. The Morgan fingerprint density at radius 2 is 1.46 bits per heavy atom. The van der Waals surface area contributed by atoms with E-state index in [1.165, 1.54) is 0 Å². The van der Waals surface area contributed by atoms with E-state index in [0.717, 1.165) is 47.9 Å². The van der Waals surface area contributed by atoms with Gasteiger partial charge in [0.15, 0.2) is 5.82 Å². The van der Waals surface area contributed by atoms with Crippen molar-refractivity contribution in [3.05, 3.63) is 83.9 Å². The number of rotatable bonds is 12. The Balaban J connectivity index is 1.12. The van der Waals surface area contributed by atoms with Gasteiger partial charge in [0, 0.05) is 41.7 Å². The van der Waals surface area contributed by atoms with Crippen molar-refractivity contribution in [1.82, 2.24) is 36.6 Å². The first-order chi connectivity index (χ1) is 23.3. The van der Waals surface area contributed by atoms with E-state index >= 15 is 0 Å². The second kappa shape index (κ2) is 14.9. The lowest BCUT2D eigenvalue weighted by atomic mass is 9.81. The van der Waals surface area contributed by atoms with Crippen LogP contribution in [0.4, 0.5) is 10.5 Å². The molecule has 1 aromatic heterocycles. The number of hydrogen-bond acceptors (Lipinski definition) is 7. The maximum Gasteiger partial charge on any atom is 0.404 e. The summed E-state index contributed by atoms with van der Waals surface area (Å²) in [5.74, 6) is -0.152. The molecular weight excluding hydrogens is 612 g/mol. The molecule has 0 radical (unpaired) electrons. The van der Waals surface area contributed by atoms with E-state index in [1.54, 1.807) is 24.3 Å². The van der Waals surface area contributed by atoms with Crippen LogP contribution in [0.15, 0.2) is 72.8 Å². The zero-order valence-corrected chi connectivity index (χ0v) is 26.3. The van der Waals surface area contributed by atoms with Gasteiger partial charge in [0.1, 0.15) is 6.04 Å². The summed E-state index contributed by atoms with van der Waals surface area (Å²) in [6.07, 6.45) is 4.01. The van der Waals surface area contributed by atoms with Crippen LogP contribution < -0.4 is 21.3 Å². The highest BCUT2D eigenvalue weighted by Crippen LogP contribution is 2.29. The molecule has 0 spiro atoms. The molecule has 4 amide bonds. The third-order valence-corrected chi connectivity index (χ3v) is 8.95. The van der Waals surface area contributed by atoms with Crippen LogP contribution in [-0.4, -0.2) is 68.2 Å². The molecule has 6 rings (SSSR count). The molecule has 1 atom stereocenters. The molecule has 1 heterocycles. The number of aromatic nitrogens is 4. The second-order valence-corrected chi connectivity index (χ2v) is 12.5. The Bertz CT molecular complexity index is 1710. The Morgan fingerprint density at radius 1 is 0.812 bits per heavy atom. The lowest BCUT2D eigenvalue weighted by Crippen LogP contribution is -2.48. The van der Waals surface area contributed by atoms with E-state index in [0.29, 0.717) is 42.5 Å². The van der Waals surface area contributed by atoms with Gasteiger partial charge in [-0.15, -0.1) is 5.10 Å². The number of hydrogen-bond donors (Lipinski definition) is 6. The van der Waals surface area contributed by atoms with Gasteiger partial charge in [-0.25, -0.2) is 9.89 Å². The largest absolute Gasteiger partial charge is 0.465 e. The highest BCUT2D eigenvalue weighted by molar-refractivity contribution is 5.98.